The van der Waals surface area contributed by atoms with Crippen molar-refractivity contribution in [3.05, 3.63) is 18.2 Å². The molecule has 0 fully saturated rings. The highest BCUT2D eigenvalue weighted by molar-refractivity contribution is 5.88. The molecule has 4 nitrogen and oxygen atoms in total. The molecule has 15 heavy (non-hydrogen) atoms. The molecule has 0 radical (unpaired) electrons. The van der Waals surface area contributed by atoms with Crippen LogP contribution in [0.5, 0.6) is 0 Å². The topological polar surface area (TPSA) is 54.9 Å². The van der Waals surface area contributed by atoms with Crippen LogP contribution in [0, 0.1) is 6.92 Å². The van der Waals surface area contributed by atoms with E-state index in [4.69, 9.17) is 0 Å². The van der Waals surface area contributed by atoms with E-state index < -0.39 is 0 Å². The minimum atomic E-state index is -0.113. The van der Waals surface area contributed by atoms with Gasteiger partial charge in [-0.1, -0.05) is 27.7 Å². The fraction of sp³-hybridized carbons (Fsp3) is 0.545. The summed E-state index contributed by atoms with van der Waals surface area (Å²) in [6.45, 7) is 11.2. The van der Waals surface area contributed by atoms with E-state index in [-0.39, 0.29) is 5.91 Å². The summed E-state index contributed by atoms with van der Waals surface area (Å²) in [6.07, 6.45) is 3.15. The molecule has 1 aromatic heterocycles. The number of carbonyl (C=O) groups is 1. The maximum Gasteiger partial charge on any atom is 0.221 e. The molecule has 0 aromatic carbocycles. The average Bonchev–Trinajstić information content (AvgIpc) is 2.27. The third-order valence-corrected chi connectivity index (χ3v) is 1.10. The van der Waals surface area contributed by atoms with Crippen LogP contribution in [0.2, 0.25) is 0 Å². The third-order valence-electron chi connectivity index (χ3n) is 1.10. The van der Waals surface area contributed by atoms with Crippen LogP contribution in [0.3, 0.4) is 0 Å². The van der Waals surface area contributed by atoms with E-state index in [9.17, 15) is 4.79 Å². The molecule has 0 aliphatic carbocycles. The molecule has 1 amide bonds. The Hall–Kier alpha value is -1.45. The highest BCUT2D eigenvalue weighted by atomic mass is 16.1. The SMILES string of the molecule is CC.CC.CC(=O)Nc1cnc(C)nc1. The number of anilines is 1. The molecule has 0 saturated heterocycles. The van der Waals surface area contributed by atoms with E-state index in [0.717, 1.165) is 0 Å². The van der Waals surface area contributed by atoms with Crippen molar-refractivity contribution in [2.24, 2.45) is 0 Å². The van der Waals surface area contributed by atoms with Gasteiger partial charge in [-0.05, 0) is 6.92 Å². The quantitative estimate of drug-likeness (QED) is 0.777. The Bertz CT molecular complexity index is 257. The number of carbonyl (C=O) groups excluding carboxylic acids is 1. The first-order chi connectivity index (χ1) is 7.18. The lowest BCUT2D eigenvalue weighted by molar-refractivity contribution is -0.114. The van der Waals surface area contributed by atoms with Gasteiger partial charge in [-0.25, -0.2) is 9.97 Å². The van der Waals surface area contributed by atoms with Crippen molar-refractivity contribution in [1.29, 1.82) is 0 Å². The van der Waals surface area contributed by atoms with Crippen LogP contribution in [0.4, 0.5) is 5.69 Å². The molecule has 0 atom stereocenters. The number of rotatable bonds is 1. The number of aryl methyl sites for hydroxylation is 1. The Kier molecular flexibility index (Phi) is 11.3. The molecule has 1 heterocycles. The standard InChI is InChI=1S/C7H9N3O.2C2H6/c1-5-8-3-7(4-9-5)10-6(2)11;2*1-2/h3-4H,1-2H3,(H,10,11);2*1-2H3. The van der Waals surface area contributed by atoms with Gasteiger partial charge >= 0.3 is 0 Å². The van der Waals surface area contributed by atoms with Gasteiger partial charge in [0.1, 0.15) is 5.82 Å². The smallest absolute Gasteiger partial charge is 0.221 e. The molecule has 0 aliphatic rings. The lowest BCUT2D eigenvalue weighted by atomic mass is 10.5. The number of hydrogen-bond acceptors (Lipinski definition) is 3. The predicted molar refractivity (Wildman–Crippen MR) is 63.8 cm³/mol. The van der Waals surface area contributed by atoms with E-state index in [1.54, 1.807) is 19.3 Å². The van der Waals surface area contributed by atoms with Crippen molar-refractivity contribution in [2.75, 3.05) is 5.32 Å². The van der Waals surface area contributed by atoms with E-state index >= 15 is 0 Å². The van der Waals surface area contributed by atoms with Crippen LogP contribution in [-0.4, -0.2) is 15.9 Å². The molecule has 1 aromatic rings. The average molecular weight is 211 g/mol. The maximum absolute atomic E-state index is 10.5. The predicted octanol–water partition coefficient (Wildman–Crippen LogP) is 2.80. The molecule has 0 saturated carbocycles. The number of amides is 1. The van der Waals surface area contributed by atoms with Crippen LogP contribution in [0.25, 0.3) is 0 Å². The van der Waals surface area contributed by atoms with Crippen molar-refractivity contribution >= 4 is 11.6 Å². The van der Waals surface area contributed by atoms with Crippen LogP contribution < -0.4 is 5.32 Å². The number of aromatic nitrogens is 2. The molecular weight excluding hydrogens is 190 g/mol. The molecule has 0 bridgehead atoms. The van der Waals surface area contributed by atoms with Crippen LogP contribution >= 0.6 is 0 Å². The van der Waals surface area contributed by atoms with Gasteiger partial charge in [-0.2, -0.15) is 0 Å². The van der Waals surface area contributed by atoms with Crippen LogP contribution in [0.1, 0.15) is 40.4 Å². The monoisotopic (exact) mass is 211 g/mol. The number of nitrogens with one attached hydrogen (secondary N) is 1. The Morgan fingerprint density at radius 1 is 1.13 bits per heavy atom. The zero-order valence-corrected chi connectivity index (χ0v) is 10.5. The minimum absolute atomic E-state index is 0.113. The van der Waals surface area contributed by atoms with E-state index in [2.05, 4.69) is 15.3 Å². The summed E-state index contributed by atoms with van der Waals surface area (Å²) in [4.78, 5) is 18.3. The molecule has 4 heteroatoms. The summed E-state index contributed by atoms with van der Waals surface area (Å²) in [6, 6.07) is 0. The zero-order valence-electron chi connectivity index (χ0n) is 10.5. The number of nitrogens with zero attached hydrogens (tertiary/aromatic N) is 2. The second-order valence-electron chi connectivity index (χ2n) is 2.20. The summed E-state index contributed by atoms with van der Waals surface area (Å²) < 4.78 is 0. The van der Waals surface area contributed by atoms with Gasteiger partial charge in [-0.15, -0.1) is 0 Å². The van der Waals surface area contributed by atoms with Gasteiger partial charge in [0.2, 0.25) is 5.91 Å². The lowest BCUT2D eigenvalue weighted by Gasteiger charge is -1.98. The molecule has 86 valence electrons. The zero-order chi connectivity index (χ0) is 12.3. The summed E-state index contributed by atoms with van der Waals surface area (Å²) in [7, 11) is 0. The largest absolute Gasteiger partial charge is 0.324 e. The second kappa shape index (κ2) is 10.6. The molecule has 0 unspecified atom stereocenters. The summed E-state index contributed by atoms with van der Waals surface area (Å²) in [5.74, 6) is 0.580. The van der Waals surface area contributed by atoms with Crippen molar-refractivity contribution in [3.8, 4) is 0 Å². The van der Waals surface area contributed by atoms with E-state index in [0.29, 0.717) is 11.5 Å². The summed E-state index contributed by atoms with van der Waals surface area (Å²) >= 11 is 0. The molecule has 0 spiro atoms. The highest BCUT2D eigenvalue weighted by Gasteiger charge is 1.94. The van der Waals surface area contributed by atoms with Crippen LogP contribution in [-0.2, 0) is 4.79 Å². The Balaban J connectivity index is 0. The Morgan fingerprint density at radius 2 is 1.53 bits per heavy atom. The Morgan fingerprint density at radius 3 is 1.87 bits per heavy atom. The van der Waals surface area contributed by atoms with Gasteiger partial charge in [0.05, 0.1) is 18.1 Å². The number of hydrogen-bond donors (Lipinski definition) is 1. The van der Waals surface area contributed by atoms with E-state index in [1.165, 1.54) is 6.92 Å². The molecule has 1 N–H and O–H groups in total. The first-order valence-electron chi connectivity index (χ1n) is 5.25. The molecule has 1 rings (SSSR count). The third kappa shape index (κ3) is 8.87. The Labute approximate surface area is 92.1 Å². The van der Waals surface area contributed by atoms with Gasteiger partial charge in [-0.3, -0.25) is 4.79 Å². The maximum atomic E-state index is 10.5. The van der Waals surface area contributed by atoms with Gasteiger partial charge < -0.3 is 5.32 Å². The molecule has 0 aliphatic heterocycles. The minimum Gasteiger partial charge on any atom is -0.324 e. The normalized spacial score (nSPS) is 7.60. The summed E-state index contributed by atoms with van der Waals surface area (Å²) in [5, 5.41) is 2.57. The second-order valence-corrected chi connectivity index (χ2v) is 2.20. The van der Waals surface area contributed by atoms with Gasteiger partial charge in [0, 0.05) is 6.92 Å². The van der Waals surface area contributed by atoms with Crippen LogP contribution in [0.15, 0.2) is 12.4 Å². The highest BCUT2D eigenvalue weighted by Crippen LogP contribution is 2.00. The first kappa shape index (κ1) is 16.0. The summed E-state index contributed by atoms with van der Waals surface area (Å²) in [5.41, 5.74) is 0.628. The van der Waals surface area contributed by atoms with Crippen molar-refractivity contribution in [1.82, 2.24) is 9.97 Å². The van der Waals surface area contributed by atoms with Gasteiger partial charge in [0.25, 0.3) is 0 Å². The fourth-order valence-corrected chi connectivity index (χ4v) is 0.660. The fourth-order valence-electron chi connectivity index (χ4n) is 0.660. The van der Waals surface area contributed by atoms with Gasteiger partial charge in [0.15, 0.2) is 0 Å². The first-order valence-corrected chi connectivity index (χ1v) is 5.25. The van der Waals surface area contributed by atoms with Crippen molar-refractivity contribution < 1.29 is 4.79 Å². The van der Waals surface area contributed by atoms with Crippen molar-refractivity contribution in [3.63, 3.8) is 0 Å². The lowest BCUT2D eigenvalue weighted by Crippen LogP contribution is -2.06. The van der Waals surface area contributed by atoms with E-state index in [1.807, 2.05) is 27.7 Å². The van der Waals surface area contributed by atoms with Crippen molar-refractivity contribution in [2.45, 2.75) is 41.5 Å². The molecular formula is C11H21N3O.